The van der Waals surface area contributed by atoms with E-state index in [4.69, 9.17) is 5.11 Å². The average Bonchev–Trinajstić information content (AvgIpc) is 2.71. The molecule has 0 bridgehead atoms. The molecule has 0 atom stereocenters. The van der Waals surface area contributed by atoms with Crippen molar-refractivity contribution in [2.24, 2.45) is 14.1 Å². The number of hydrogen-bond donors (Lipinski definition) is 2. The summed E-state index contributed by atoms with van der Waals surface area (Å²) in [4.78, 5) is 36.3. The topological polar surface area (TPSA) is 123 Å². The van der Waals surface area contributed by atoms with Crippen molar-refractivity contribution >= 4 is 11.5 Å². The molecule has 2 N–H and O–H groups in total. The summed E-state index contributed by atoms with van der Waals surface area (Å²) in [7, 11) is 3.03. The summed E-state index contributed by atoms with van der Waals surface area (Å²) in [5.74, 6) is 0.454. The van der Waals surface area contributed by atoms with Gasteiger partial charge in [-0.25, -0.2) is 4.79 Å². The van der Waals surface area contributed by atoms with Crippen molar-refractivity contribution < 1.29 is 10.0 Å². The van der Waals surface area contributed by atoms with Crippen LogP contribution in [0.25, 0.3) is 0 Å². The first-order chi connectivity index (χ1) is 13.8. The smallest absolute Gasteiger partial charge is 0.332 e. The lowest BCUT2D eigenvalue weighted by Crippen LogP contribution is -2.38. The highest BCUT2D eigenvalue weighted by molar-refractivity contribution is 5.34. The molecule has 0 aliphatic heterocycles. The van der Waals surface area contributed by atoms with Crippen molar-refractivity contribution in [3.8, 4) is 0 Å². The van der Waals surface area contributed by atoms with Gasteiger partial charge in [-0.05, 0) is 18.4 Å². The number of aliphatic hydroxyl groups is 1. The number of aliphatic hydroxyl groups excluding tert-OH is 1. The van der Waals surface area contributed by atoms with Crippen LogP contribution in [0.5, 0.6) is 0 Å². The number of benzene rings is 1. The van der Waals surface area contributed by atoms with E-state index in [9.17, 15) is 19.7 Å². The summed E-state index contributed by atoms with van der Waals surface area (Å²) in [5, 5.41) is 23.0. The third-order valence-electron chi connectivity index (χ3n) is 4.76. The maximum Gasteiger partial charge on any atom is 0.332 e. The third kappa shape index (κ3) is 6.26. The zero-order valence-corrected chi connectivity index (χ0v) is 16.7. The van der Waals surface area contributed by atoms with Crippen LogP contribution in [0.2, 0.25) is 0 Å². The van der Waals surface area contributed by atoms with Gasteiger partial charge in [0.1, 0.15) is 5.82 Å². The lowest BCUT2D eigenvalue weighted by atomic mass is 10.1. The van der Waals surface area contributed by atoms with Gasteiger partial charge in [-0.1, -0.05) is 12.1 Å². The SMILES string of the molecule is Cn1c(NCCN(CCCO)CCc2ccc([N+](=O)[O-])cc2)cc(=O)n(C)c1=O. The molecule has 1 heterocycles. The first-order valence-corrected chi connectivity index (χ1v) is 9.41. The number of anilines is 1. The highest BCUT2D eigenvalue weighted by atomic mass is 16.6. The van der Waals surface area contributed by atoms with Gasteiger partial charge in [-0.3, -0.25) is 24.0 Å². The largest absolute Gasteiger partial charge is 0.396 e. The predicted octanol–water partition coefficient (Wildman–Crippen LogP) is 0.331. The molecule has 0 saturated carbocycles. The number of nitrogens with one attached hydrogen (secondary N) is 1. The van der Waals surface area contributed by atoms with Crippen LogP contribution in [0, 0.1) is 10.1 Å². The molecule has 10 heteroatoms. The normalized spacial score (nSPS) is 11.0. The summed E-state index contributed by atoms with van der Waals surface area (Å²) < 4.78 is 2.43. The second-order valence-corrected chi connectivity index (χ2v) is 6.79. The van der Waals surface area contributed by atoms with E-state index >= 15 is 0 Å². The van der Waals surface area contributed by atoms with Crippen molar-refractivity contribution in [1.82, 2.24) is 14.0 Å². The Balaban J connectivity index is 1.94. The summed E-state index contributed by atoms with van der Waals surface area (Å²) >= 11 is 0. The molecule has 1 aromatic carbocycles. The van der Waals surface area contributed by atoms with Crippen molar-refractivity contribution in [3.05, 3.63) is 66.8 Å². The maximum atomic E-state index is 12.0. The fourth-order valence-electron chi connectivity index (χ4n) is 2.95. The molecule has 0 amide bonds. The molecule has 2 rings (SSSR count). The second-order valence-electron chi connectivity index (χ2n) is 6.79. The average molecular weight is 405 g/mol. The standard InChI is InChI=1S/C19H27N5O5/c1-21-17(14-18(26)22(2)19(21)27)20-9-12-23(10-3-13-25)11-8-15-4-6-16(7-5-15)24(28)29/h4-7,14,20,25H,3,8-13H2,1-2H3. The number of nitrogens with zero attached hydrogens (tertiary/aromatic N) is 4. The van der Waals surface area contributed by atoms with Gasteiger partial charge in [0.15, 0.2) is 0 Å². The van der Waals surface area contributed by atoms with E-state index in [1.165, 1.54) is 29.8 Å². The molecule has 2 aromatic rings. The van der Waals surface area contributed by atoms with E-state index in [-0.39, 0.29) is 17.9 Å². The lowest BCUT2D eigenvalue weighted by Gasteiger charge is -2.23. The minimum atomic E-state index is -0.423. The molecule has 158 valence electrons. The molecule has 0 aliphatic rings. The quantitative estimate of drug-likeness (QED) is 0.408. The van der Waals surface area contributed by atoms with Crippen LogP contribution in [-0.2, 0) is 20.5 Å². The van der Waals surface area contributed by atoms with Crippen LogP contribution in [0.1, 0.15) is 12.0 Å². The van der Waals surface area contributed by atoms with E-state index in [2.05, 4.69) is 10.2 Å². The fraction of sp³-hybridized carbons (Fsp3) is 0.474. The van der Waals surface area contributed by atoms with Gasteiger partial charge in [-0.15, -0.1) is 0 Å². The third-order valence-corrected chi connectivity index (χ3v) is 4.76. The Morgan fingerprint density at radius 1 is 1.10 bits per heavy atom. The Bertz CT molecular complexity index is 935. The van der Waals surface area contributed by atoms with Crippen molar-refractivity contribution in [2.45, 2.75) is 12.8 Å². The molecular weight excluding hydrogens is 378 g/mol. The molecule has 1 aromatic heterocycles. The minimum absolute atomic E-state index is 0.0645. The predicted molar refractivity (Wildman–Crippen MR) is 110 cm³/mol. The number of nitro benzene ring substituents is 1. The molecule has 0 saturated heterocycles. The lowest BCUT2D eigenvalue weighted by molar-refractivity contribution is -0.384. The summed E-state index contributed by atoms with van der Waals surface area (Å²) in [6, 6.07) is 7.86. The first kappa shape index (κ1) is 22.3. The van der Waals surface area contributed by atoms with Crippen LogP contribution in [-0.4, -0.2) is 56.8 Å². The summed E-state index contributed by atoms with van der Waals surface area (Å²) in [5.41, 5.74) is 0.294. The molecule has 0 fully saturated rings. The maximum absolute atomic E-state index is 12.0. The molecular formula is C19H27N5O5. The van der Waals surface area contributed by atoms with Crippen molar-refractivity contribution in [3.63, 3.8) is 0 Å². The molecule has 10 nitrogen and oxygen atoms in total. The Hall–Kier alpha value is -2.98. The number of non-ortho nitro benzene ring substituents is 1. The Morgan fingerprint density at radius 3 is 2.41 bits per heavy atom. The molecule has 0 unspecified atom stereocenters. The number of rotatable bonds is 11. The van der Waals surface area contributed by atoms with Gasteiger partial charge in [0.2, 0.25) is 0 Å². The van der Waals surface area contributed by atoms with Crippen LogP contribution in [0.3, 0.4) is 0 Å². The van der Waals surface area contributed by atoms with Crippen LogP contribution >= 0.6 is 0 Å². The summed E-state index contributed by atoms with van der Waals surface area (Å²) in [6.45, 7) is 2.67. The monoisotopic (exact) mass is 405 g/mol. The first-order valence-electron chi connectivity index (χ1n) is 9.41. The highest BCUT2D eigenvalue weighted by Crippen LogP contribution is 2.12. The Labute approximate surface area is 168 Å². The zero-order chi connectivity index (χ0) is 21.4. The van der Waals surface area contributed by atoms with E-state index in [0.29, 0.717) is 38.3 Å². The van der Waals surface area contributed by atoms with Crippen LogP contribution in [0.15, 0.2) is 39.9 Å². The Kier molecular flexibility index (Phi) is 8.10. The van der Waals surface area contributed by atoms with Gasteiger partial charge in [0.25, 0.3) is 11.2 Å². The number of nitro groups is 1. The van der Waals surface area contributed by atoms with Crippen molar-refractivity contribution in [2.75, 3.05) is 38.1 Å². The van der Waals surface area contributed by atoms with Gasteiger partial charge < -0.3 is 15.3 Å². The van der Waals surface area contributed by atoms with E-state index in [0.717, 1.165) is 16.7 Å². The Morgan fingerprint density at radius 2 is 1.79 bits per heavy atom. The number of aromatic nitrogens is 2. The highest BCUT2D eigenvalue weighted by Gasteiger charge is 2.09. The van der Waals surface area contributed by atoms with Crippen molar-refractivity contribution in [1.29, 1.82) is 0 Å². The molecule has 0 aliphatic carbocycles. The van der Waals surface area contributed by atoms with E-state index < -0.39 is 10.6 Å². The zero-order valence-electron chi connectivity index (χ0n) is 16.7. The van der Waals surface area contributed by atoms with Gasteiger partial charge >= 0.3 is 5.69 Å². The van der Waals surface area contributed by atoms with Gasteiger partial charge in [-0.2, -0.15) is 0 Å². The second kappa shape index (κ2) is 10.5. The molecule has 0 radical (unpaired) electrons. The fourth-order valence-corrected chi connectivity index (χ4v) is 2.95. The van der Waals surface area contributed by atoms with E-state index in [1.54, 1.807) is 19.2 Å². The van der Waals surface area contributed by atoms with E-state index in [1.807, 2.05) is 0 Å². The summed E-state index contributed by atoms with van der Waals surface area (Å²) in [6.07, 6.45) is 1.35. The van der Waals surface area contributed by atoms with Gasteiger partial charge in [0.05, 0.1) is 4.92 Å². The van der Waals surface area contributed by atoms with Crippen LogP contribution < -0.4 is 16.6 Å². The molecule has 29 heavy (non-hydrogen) atoms. The number of hydrogen-bond acceptors (Lipinski definition) is 7. The minimum Gasteiger partial charge on any atom is -0.396 e. The van der Waals surface area contributed by atoms with Gasteiger partial charge in [0, 0.05) is 65.1 Å². The molecule has 0 spiro atoms. The van der Waals surface area contributed by atoms with Crippen LogP contribution in [0.4, 0.5) is 11.5 Å².